The quantitative estimate of drug-likeness (QED) is 0.467. The molecular weight excluding hydrogens is 196 g/mol. The Hall–Kier alpha value is -1.33. The lowest BCUT2D eigenvalue weighted by molar-refractivity contribution is 0.0594. The van der Waals surface area contributed by atoms with E-state index in [0.717, 1.165) is 18.7 Å². The summed E-state index contributed by atoms with van der Waals surface area (Å²) in [6.45, 7) is 1.59. The number of ether oxygens (including phenoxy) is 1. The molecule has 1 aromatic heterocycles. The summed E-state index contributed by atoms with van der Waals surface area (Å²) in [5.74, 6) is -0.364. The van der Waals surface area contributed by atoms with E-state index in [4.69, 9.17) is 5.11 Å². The number of hydrogen-bond donors (Lipinski definition) is 3. The van der Waals surface area contributed by atoms with Crippen molar-refractivity contribution in [2.75, 3.05) is 20.3 Å². The number of esters is 1. The summed E-state index contributed by atoms with van der Waals surface area (Å²) < 4.78 is 4.57. The van der Waals surface area contributed by atoms with Gasteiger partial charge in [0.15, 0.2) is 0 Å². The highest BCUT2D eigenvalue weighted by molar-refractivity contribution is 5.87. The first kappa shape index (κ1) is 11.7. The standard InChI is InChI=1S/C10H16N2O3/c1-15-10(14)9-4-3-8(12-9)7-11-5-2-6-13/h3-4,11-13H,2,5-7H2,1H3. The van der Waals surface area contributed by atoms with E-state index < -0.39 is 0 Å². The summed E-state index contributed by atoms with van der Waals surface area (Å²) in [4.78, 5) is 14.0. The number of nitrogens with one attached hydrogen (secondary N) is 2. The number of aliphatic hydroxyl groups excluding tert-OH is 1. The van der Waals surface area contributed by atoms with Crippen LogP contribution in [0.3, 0.4) is 0 Å². The second-order valence-electron chi connectivity index (χ2n) is 3.14. The van der Waals surface area contributed by atoms with Crippen molar-refractivity contribution in [2.45, 2.75) is 13.0 Å². The molecule has 0 aliphatic carbocycles. The molecule has 5 nitrogen and oxygen atoms in total. The van der Waals surface area contributed by atoms with Gasteiger partial charge in [0.25, 0.3) is 0 Å². The average Bonchev–Trinajstić information content (AvgIpc) is 2.72. The van der Waals surface area contributed by atoms with Crippen molar-refractivity contribution >= 4 is 5.97 Å². The molecule has 0 aliphatic rings. The molecule has 15 heavy (non-hydrogen) atoms. The molecule has 84 valence electrons. The van der Waals surface area contributed by atoms with Crippen molar-refractivity contribution in [1.29, 1.82) is 0 Å². The molecular formula is C10H16N2O3. The molecule has 0 unspecified atom stereocenters. The fraction of sp³-hybridized carbons (Fsp3) is 0.500. The zero-order valence-corrected chi connectivity index (χ0v) is 8.75. The van der Waals surface area contributed by atoms with Gasteiger partial charge < -0.3 is 20.1 Å². The van der Waals surface area contributed by atoms with Gasteiger partial charge in [0.1, 0.15) is 5.69 Å². The van der Waals surface area contributed by atoms with E-state index in [1.54, 1.807) is 6.07 Å². The topological polar surface area (TPSA) is 74.3 Å². The van der Waals surface area contributed by atoms with Gasteiger partial charge >= 0.3 is 5.97 Å². The van der Waals surface area contributed by atoms with Crippen LogP contribution in [0.25, 0.3) is 0 Å². The number of aromatic amines is 1. The number of carbonyl (C=O) groups excluding carboxylic acids is 1. The predicted molar refractivity (Wildman–Crippen MR) is 55.5 cm³/mol. The Morgan fingerprint density at radius 1 is 1.60 bits per heavy atom. The number of carbonyl (C=O) groups is 1. The summed E-state index contributed by atoms with van der Waals surface area (Å²) in [7, 11) is 1.35. The molecule has 0 saturated heterocycles. The monoisotopic (exact) mass is 212 g/mol. The SMILES string of the molecule is COC(=O)c1ccc(CNCCCO)[nH]1. The maximum Gasteiger partial charge on any atom is 0.354 e. The van der Waals surface area contributed by atoms with Crippen LogP contribution in [0, 0.1) is 0 Å². The van der Waals surface area contributed by atoms with Crippen molar-refractivity contribution < 1.29 is 14.6 Å². The number of H-pyrrole nitrogens is 1. The molecule has 5 heteroatoms. The van der Waals surface area contributed by atoms with Crippen LogP contribution in [0.1, 0.15) is 22.6 Å². The number of methoxy groups -OCH3 is 1. The van der Waals surface area contributed by atoms with Gasteiger partial charge in [0.05, 0.1) is 7.11 Å². The van der Waals surface area contributed by atoms with Crippen molar-refractivity contribution in [3.05, 3.63) is 23.5 Å². The Bertz CT molecular complexity index is 309. The van der Waals surface area contributed by atoms with Gasteiger partial charge in [0, 0.05) is 18.8 Å². The molecule has 1 aromatic rings. The first-order valence-electron chi connectivity index (χ1n) is 4.85. The lowest BCUT2D eigenvalue weighted by Gasteiger charge is -2.01. The third kappa shape index (κ3) is 3.73. The summed E-state index contributed by atoms with van der Waals surface area (Å²) in [6, 6.07) is 3.52. The van der Waals surface area contributed by atoms with Crippen molar-refractivity contribution in [3.63, 3.8) is 0 Å². The van der Waals surface area contributed by atoms with E-state index in [1.807, 2.05) is 6.07 Å². The molecule has 1 rings (SSSR count). The van der Waals surface area contributed by atoms with E-state index in [0.29, 0.717) is 12.2 Å². The smallest absolute Gasteiger partial charge is 0.354 e. The van der Waals surface area contributed by atoms with Crippen LogP contribution in [0.5, 0.6) is 0 Å². The van der Waals surface area contributed by atoms with Gasteiger partial charge in [-0.2, -0.15) is 0 Å². The van der Waals surface area contributed by atoms with E-state index in [-0.39, 0.29) is 12.6 Å². The van der Waals surface area contributed by atoms with E-state index in [2.05, 4.69) is 15.0 Å². The number of aliphatic hydroxyl groups is 1. The van der Waals surface area contributed by atoms with Gasteiger partial charge in [0.2, 0.25) is 0 Å². The highest BCUT2D eigenvalue weighted by atomic mass is 16.5. The molecule has 0 fully saturated rings. The first-order valence-corrected chi connectivity index (χ1v) is 4.85. The maximum absolute atomic E-state index is 11.1. The van der Waals surface area contributed by atoms with Crippen LogP contribution < -0.4 is 5.32 Å². The molecule has 1 heterocycles. The second-order valence-corrected chi connectivity index (χ2v) is 3.14. The molecule has 0 aromatic carbocycles. The van der Waals surface area contributed by atoms with Gasteiger partial charge in [-0.1, -0.05) is 0 Å². The summed E-state index contributed by atoms with van der Waals surface area (Å²) in [5.41, 5.74) is 1.38. The maximum atomic E-state index is 11.1. The van der Waals surface area contributed by atoms with Crippen LogP contribution in [0.2, 0.25) is 0 Å². The minimum atomic E-state index is -0.364. The van der Waals surface area contributed by atoms with Gasteiger partial charge in [-0.3, -0.25) is 0 Å². The minimum absolute atomic E-state index is 0.186. The fourth-order valence-electron chi connectivity index (χ4n) is 1.20. The van der Waals surface area contributed by atoms with Crippen molar-refractivity contribution in [3.8, 4) is 0 Å². The summed E-state index contributed by atoms with van der Waals surface area (Å²) in [5, 5.41) is 11.7. The molecule has 0 saturated carbocycles. The Kier molecular flexibility index (Phi) is 4.86. The van der Waals surface area contributed by atoms with Crippen LogP contribution in [-0.4, -0.2) is 36.3 Å². The summed E-state index contributed by atoms with van der Waals surface area (Å²) >= 11 is 0. The van der Waals surface area contributed by atoms with E-state index >= 15 is 0 Å². The normalized spacial score (nSPS) is 10.3. The number of hydrogen-bond acceptors (Lipinski definition) is 4. The lowest BCUT2D eigenvalue weighted by atomic mass is 10.4. The Balaban J connectivity index is 2.36. The fourth-order valence-corrected chi connectivity index (χ4v) is 1.20. The second kappa shape index (κ2) is 6.21. The van der Waals surface area contributed by atoms with Crippen LogP contribution in [0.15, 0.2) is 12.1 Å². The molecule has 0 spiro atoms. The number of rotatable bonds is 6. The Labute approximate surface area is 88.4 Å². The molecule has 0 aliphatic heterocycles. The third-order valence-corrected chi connectivity index (χ3v) is 1.98. The Morgan fingerprint density at radius 3 is 3.07 bits per heavy atom. The third-order valence-electron chi connectivity index (χ3n) is 1.98. The van der Waals surface area contributed by atoms with Gasteiger partial charge in [-0.25, -0.2) is 4.79 Å². The zero-order valence-electron chi connectivity index (χ0n) is 8.75. The van der Waals surface area contributed by atoms with E-state index in [9.17, 15) is 4.79 Å². The Morgan fingerprint density at radius 2 is 2.40 bits per heavy atom. The van der Waals surface area contributed by atoms with Crippen LogP contribution in [-0.2, 0) is 11.3 Å². The first-order chi connectivity index (χ1) is 7.27. The molecule has 0 amide bonds. The van der Waals surface area contributed by atoms with Gasteiger partial charge in [-0.15, -0.1) is 0 Å². The average molecular weight is 212 g/mol. The molecule has 0 bridgehead atoms. The van der Waals surface area contributed by atoms with Crippen molar-refractivity contribution in [2.24, 2.45) is 0 Å². The summed E-state index contributed by atoms with van der Waals surface area (Å²) in [6.07, 6.45) is 0.727. The van der Waals surface area contributed by atoms with Crippen LogP contribution >= 0.6 is 0 Å². The molecule has 0 radical (unpaired) electrons. The number of aromatic nitrogens is 1. The van der Waals surface area contributed by atoms with E-state index in [1.165, 1.54) is 7.11 Å². The predicted octanol–water partition coefficient (Wildman–Crippen LogP) is 0.273. The molecule has 0 atom stereocenters. The highest BCUT2D eigenvalue weighted by Gasteiger charge is 2.06. The highest BCUT2D eigenvalue weighted by Crippen LogP contribution is 2.02. The van der Waals surface area contributed by atoms with Crippen LogP contribution in [0.4, 0.5) is 0 Å². The minimum Gasteiger partial charge on any atom is -0.464 e. The van der Waals surface area contributed by atoms with Gasteiger partial charge in [-0.05, 0) is 25.1 Å². The lowest BCUT2D eigenvalue weighted by Crippen LogP contribution is -2.16. The molecule has 3 N–H and O–H groups in total. The largest absolute Gasteiger partial charge is 0.464 e. The van der Waals surface area contributed by atoms with Crippen molar-refractivity contribution in [1.82, 2.24) is 10.3 Å². The zero-order chi connectivity index (χ0) is 11.1.